The molecule has 3 heterocycles. The van der Waals surface area contributed by atoms with Gasteiger partial charge in [-0.3, -0.25) is 9.69 Å². The predicted octanol–water partition coefficient (Wildman–Crippen LogP) is -0.596. The van der Waals surface area contributed by atoms with Crippen molar-refractivity contribution in [3.63, 3.8) is 0 Å². The zero-order valence-corrected chi connectivity index (χ0v) is 19.1. The molecular weight excluding hydrogens is 420 g/mol. The van der Waals surface area contributed by atoms with Crippen LogP contribution in [0.2, 0.25) is 0 Å². The summed E-state index contributed by atoms with van der Waals surface area (Å²) in [6.07, 6.45) is 0.306. The number of carbonyl (C=O) groups excluding carboxylic acids is 1. The lowest BCUT2D eigenvalue weighted by atomic mass is 10.00. The van der Waals surface area contributed by atoms with Crippen molar-refractivity contribution in [3.8, 4) is 0 Å². The van der Waals surface area contributed by atoms with E-state index in [0.29, 0.717) is 31.4 Å². The van der Waals surface area contributed by atoms with Gasteiger partial charge in [0.1, 0.15) is 11.5 Å². The molecule has 0 bridgehead atoms. The van der Waals surface area contributed by atoms with Crippen LogP contribution in [0.5, 0.6) is 0 Å². The first-order valence-corrected chi connectivity index (χ1v) is 11.5. The predicted molar refractivity (Wildman–Crippen MR) is 128 cm³/mol. The van der Waals surface area contributed by atoms with Gasteiger partial charge in [0.15, 0.2) is 0 Å². The summed E-state index contributed by atoms with van der Waals surface area (Å²) in [5, 5.41) is 19.9. The quantitative estimate of drug-likeness (QED) is 0.319. The number of amides is 1. The maximum atomic E-state index is 12.8. The molecular formula is C23H34N8O2. The van der Waals surface area contributed by atoms with Crippen LogP contribution in [0.25, 0.3) is 0 Å². The zero-order valence-electron chi connectivity index (χ0n) is 19.1. The van der Waals surface area contributed by atoms with Gasteiger partial charge in [-0.15, -0.1) is 0 Å². The highest BCUT2D eigenvalue weighted by Crippen LogP contribution is 2.18. The first kappa shape index (κ1) is 23.4. The molecule has 0 radical (unpaired) electrons. The average molecular weight is 455 g/mol. The summed E-state index contributed by atoms with van der Waals surface area (Å²) in [4.78, 5) is 25.8. The molecule has 2 aromatic rings. The monoisotopic (exact) mass is 454 g/mol. The Labute approximate surface area is 194 Å². The van der Waals surface area contributed by atoms with Crippen molar-refractivity contribution in [1.29, 1.82) is 0 Å². The van der Waals surface area contributed by atoms with E-state index < -0.39 is 6.10 Å². The molecule has 1 fully saturated rings. The molecule has 0 saturated carbocycles. The maximum absolute atomic E-state index is 12.8. The summed E-state index contributed by atoms with van der Waals surface area (Å²) < 4.78 is 0. The Morgan fingerprint density at radius 1 is 1.33 bits per heavy atom. The third-order valence-corrected chi connectivity index (χ3v) is 6.06. The number of rotatable bonds is 10. The third kappa shape index (κ3) is 6.17. The van der Waals surface area contributed by atoms with E-state index >= 15 is 0 Å². The van der Waals surface area contributed by atoms with Crippen LogP contribution >= 0.6 is 0 Å². The number of nitrogens with two attached hydrogens (primary N) is 1. The molecule has 10 nitrogen and oxygen atoms in total. The van der Waals surface area contributed by atoms with E-state index in [1.165, 1.54) is 11.1 Å². The van der Waals surface area contributed by atoms with Gasteiger partial charge in [0.2, 0.25) is 5.95 Å². The van der Waals surface area contributed by atoms with E-state index in [9.17, 15) is 9.90 Å². The third-order valence-electron chi connectivity index (χ3n) is 6.06. The van der Waals surface area contributed by atoms with Crippen LogP contribution in [0, 0.1) is 0 Å². The fourth-order valence-electron chi connectivity index (χ4n) is 4.06. The second kappa shape index (κ2) is 10.9. The van der Waals surface area contributed by atoms with Gasteiger partial charge in [-0.1, -0.05) is 24.3 Å². The summed E-state index contributed by atoms with van der Waals surface area (Å²) in [7, 11) is 1.85. The minimum atomic E-state index is -0.668. The lowest BCUT2D eigenvalue weighted by Crippen LogP contribution is -2.51. The van der Waals surface area contributed by atoms with Crippen molar-refractivity contribution in [1.82, 2.24) is 25.5 Å². The van der Waals surface area contributed by atoms with Crippen LogP contribution in [-0.2, 0) is 13.0 Å². The number of aliphatic hydroxyl groups is 1. The molecule has 10 heteroatoms. The number of aliphatic hydroxyl groups excluding tert-OH is 1. The van der Waals surface area contributed by atoms with Crippen LogP contribution in [0.4, 0.5) is 11.8 Å². The fourth-order valence-corrected chi connectivity index (χ4v) is 4.06. The number of nitrogens with one attached hydrogen (secondary N) is 3. The van der Waals surface area contributed by atoms with E-state index in [0.717, 1.165) is 32.6 Å². The van der Waals surface area contributed by atoms with E-state index in [4.69, 9.17) is 5.73 Å². The molecule has 1 atom stereocenters. The summed E-state index contributed by atoms with van der Waals surface area (Å²) >= 11 is 0. The number of anilines is 2. The molecule has 33 heavy (non-hydrogen) atoms. The lowest BCUT2D eigenvalue weighted by Gasteiger charge is -2.30. The molecule has 1 aromatic carbocycles. The Bertz CT molecular complexity index is 952. The van der Waals surface area contributed by atoms with Crippen molar-refractivity contribution in [3.05, 3.63) is 47.2 Å². The standard InChI is InChI=1S/C23H34N8O2/c1-30(9-7-24)23-28-20(10-21(29-23)27-18-11-25-12-18)22(33)26-13-19(32)15-31-8-6-16-4-2-3-5-17(16)14-31/h2-5,10,18-19,25,32H,6-9,11-15,24H2,1H3,(H,26,33)(H,27,28,29)/t19-/m0/s1. The van der Waals surface area contributed by atoms with Crippen LogP contribution in [0.15, 0.2) is 30.3 Å². The molecule has 2 aliphatic heterocycles. The summed E-state index contributed by atoms with van der Waals surface area (Å²) in [5.74, 6) is 0.709. The van der Waals surface area contributed by atoms with Gasteiger partial charge in [0, 0.05) is 65.5 Å². The molecule has 0 spiro atoms. The van der Waals surface area contributed by atoms with Crippen molar-refractivity contribution in [2.75, 3.05) is 63.1 Å². The van der Waals surface area contributed by atoms with Crippen LogP contribution in [-0.4, -0.2) is 90.9 Å². The second-order valence-electron chi connectivity index (χ2n) is 8.77. The first-order valence-electron chi connectivity index (χ1n) is 11.5. The highest BCUT2D eigenvalue weighted by atomic mass is 16.3. The average Bonchev–Trinajstić information content (AvgIpc) is 2.79. The Hall–Kier alpha value is -2.79. The molecule has 1 amide bonds. The van der Waals surface area contributed by atoms with Gasteiger partial charge in [0.25, 0.3) is 5.91 Å². The second-order valence-corrected chi connectivity index (χ2v) is 8.77. The Morgan fingerprint density at radius 2 is 2.12 bits per heavy atom. The summed E-state index contributed by atoms with van der Waals surface area (Å²) in [6, 6.07) is 10.3. The van der Waals surface area contributed by atoms with E-state index in [-0.39, 0.29) is 24.2 Å². The molecule has 1 saturated heterocycles. The highest BCUT2D eigenvalue weighted by molar-refractivity contribution is 5.93. The number of aromatic nitrogens is 2. The van der Waals surface area contributed by atoms with Gasteiger partial charge in [-0.05, 0) is 17.5 Å². The lowest BCUT2D eigenvalue weighted by molar-refractivity contribution is 0.0838. The molecule has 178 valence electrons. The van der Waals surface area contributed by atoms with E-state index in [1.807, 2.05) is 18.0 Å². The summed E-state index contributed by atoms with van der Waals surface area (Å²) in [5.41, 5.74) is 8.60. The fraction of sp³-hybridized carbons (Fsp3) is 0.522. The number of hydrogen-bond acceptors (Lipinski definition) is 9. The van der Waals surface area contributed by atoms with Gasteiger partial charge < -0.3 is 31.7 Å². The Morgan fingerprint density at radius 3 is 2.85 bits per heavy atom. The van der Waals surface area contributed by atoms with Crippen molar-refractivity contribution in [2.24, 2.45) is 5.73 Å². The van der Waals surface area contributed by atoms with Crippen molar-refractivity contribution < 1.29 is 9.90 Å². The minimum Gasteiger partial charge on any atom is -0.390 e. The van der Waals surface area contributed by atoms with Gasteiger partial charge in [-0.25, -0.2) is 4.98 Å². The number of β-amino-alcohol motifs (C(OH)–C–C–N with tert-alkyl or cyclic N) is 1. The Balaban J connectivity index is 1.34. The number of benzene rings is 1. The molecule has 6 N–H and O–H groups in total. The Kier molecular flexibility index (Phi) is 7.71. The topological polar surface area (TPSA) is 132 Å². The first-order chi connectivity index (χ1) is 16.0. The largest absolute Gasteiger partial charge is 0.390 e. The highest BCUT2D eigenvalue weighted by Gasteiger charge is 2.21. The zero-order chi connectivity index (χ0) is 23.2. The molecule has 0 unspecified atom stereocenters. The van der Waals surface area contributed by atoms with Crippen LogP contribution < -0.4 is 26.6 Å². The van der Waals surface area contributed by atoms with Gasteiger partial charge >= 0.3 is 0 Å². The molecule has 1 aromatic heterocycles. The number of nitrogens with zero attached hydrogens (tertiary/aromatic N) is 4. The normalized spacial score (nSPS) is 17.1. The van der Waals surface area contributed by atoms with Crippen molar-refractivity contribution >= 4 is 17.7 Å². The number of hydrogen-bond donors (Lipinski definition) is 5. The molecule has 0 aliphatic carbocycles. The smallest absolute Gasteiger partial charge is 0.270 e. The van der Waals surface area contributed by atoms with Crippen molar-refractivity contribution in [2.45, 2.75) is 25.1 Å². The van der Waals surface area contributed by atoms with Crippen LogP contribution in [0.3, 0.4) is 0 Å². The van der Waals surface area contributed by atoms with E-state index in [1.54, 1.807) is 6.07 Å². The van der Waals surface area contributed by atoms with Crippen LogP contribution in [0.1, 0.15) is 21.6 Å². The maximum Gasteiger partial charge on any atom is 0.270 e. The summed E-state index contributed by atoms with van der Waals surface area (Å²) in [6.45, 7) is 5.12. The molecule has 4 rings (SSSR count). The number of likely N-dealkylation sites (N-methyl/N-ethyl adjacent to an activating group) is 1. The van der Waals surface area contributed by atoms with Gasteiger partial charge in [-0.2, -0.15) is 4.98 Å². The number of fused-ring (bicyclic) bond motifs is 1. The van der Waals surface area contributed by atoms with Gasteiger partial charge in [0.05, 0.1) is 12.1 Å². The minimum absolute atomic E-state index is 0.157. The molecule has 2 aliphatic rings. The number of carbonyl (C=O) groups is 1. The SMILES string of the molecule is CN(CCN)c1nc(NC2CNC2)cc(C(=O)NC[C@H](O)CN2CCc3ccccc3C2)n1. The van der Waals surface area contributed by atoms with E-state index in [2.05, 4.69) is 49.0 Å².